The Balaban J connectivity index is 0.00000192. The van der Waals surface area contributed by atoms with Crippen LogP contribution in [0.15, 0.2) is 40.0 Å². The van der Waals surface area contributed by atoms with Gasteiger partial charge in [-0.2, -0.15) is 0 Å². The molecule has 0 unspecified atom stereocenters. The Bertz CT molecular complexity index is 661. The minimum absolute atomic E-state index is 0. The fraction of sp³-hybridized carbons (Fsp3) is 0.333. The predicted octanol–water partition coefficient (Wildman–Crippen LogP) is 2.23. The molecule has 0 spiro atoms. The number of rotatable bonds is 4. The van der Waals surface area contributed by atoms with Crippen molar-refractivity contribution in [3.05, 3.63) is 41.8 Å². The van der Waals surface area contributed by atoms with Crippen molar-refractivity contribution >= 4 is 29.9 Å². The average molecular weight is 430 g/mol. The predicted molar refractivity (Wildman–Crippen MR) is 96.1 cm³/mol. The number of hydrogen-bond acceptors (Lipinski definition) is 5. The summed E-state index contributed by atoms with van der Waals surface area (Å²) < 4.78 is 15.7. The lowest BCUT2D eigenvalue weighted by Crippen LogP contribution is -2.38. The van der Waals surface area contributed by atoms with Crippen LogP contribution in [0.1, 0.15) is 11.3 Å². The monoisotopic (exact) mass is 430 g/mol. The van der Waals surface area contributed by atoms with Crippen molar-refractivity contribution in [3.8, 4) is 11.5 Å². The molecule has 8 heteroatoms. The highest BCUT2D eigenvalue weighted by molar-refractivity contribution is 14.0. The largest absolute Gasteiger partial charge is 0.454 e. The Labute approximate surface area is 151 Å². The van der Waals surface area contributed by atoms with Crippen LogP contribution in [0.4, 0.5) is 0 Å². The van der Waals surface area contributed by atoms with E-state index in [0.29, 0.717) is 13.1 Å². The third-order valence-electron chi connectivity index (χ3n) is 3.38. The lowest BCUT2D eigenvalue weighted by Gasteiger charge is -2.21. The molecule has 0 radical (unpaired) electrons. The number of aliphatic imine (C=N–C) groups is 1. The van der Waals surface area contributed by atoms with Crippen LogP contribution in [0.3, 0.4) is 0 Å². The third kappa shape index (κ3) is 4.06. The first-order valence-corrected chi connectivity index (χ1v) is 6.96. The minimum Gasteiger partial charge on any atom is -0.454 e. The number of fused-ring (bicyclic) bond motifs is 1. The SMILES string of the molecule is CN=C(NCc1cccc2c1OCO2)N(C)Cc1ccon1.I. The van der Waals surface area contributed by atoms with Crippen molar-refractivity contribution in [2.45, 2.75) is 13.1 Å². The van der Waals surface area contributed by atoms with Crippen LogP contribution >= 0.6 is 24.0 Å². The Hall–Kier alpha value is -1.97. The smallest absolute Gasteiger partial charge is 0.231 e. The second-order valence-corrected chi connectivity index (χ2v) is 4.90. The van der Waals surface area contributed by atoms with Crippen molar-refractivity contribution in [1.82, 2.24) is 15.4 Å². The van der Waals surface area contributed by atoms with Crippen molar-refractivity contribution in [2.24, 2.45) is 4.99 Å². The van der Waals surface area contributed by atoms with E-state index in [1.54, 1.807) is 13.3 Å². The molecular weight excluding hydrogens is 411 g/mol. The molecular formula is C15H19IN4O3. The summed E-state index contributed by atoms with van der Waals surface area (Å²) in [6.07, 6.45) is 1.56. The number of hydrogen-bond donors (Lipinski definition) is 1. The summed E-state index contributed by atoms with van der Waals surface area (Å²) >= 11 is 0. The number of ether oxygens (including phenoxy) is 2. The van der Waals surface area contributed by atoms with Gasteiger partial charge in [0.1, 0.15) is 12.0 Å². The number of guanidine groups is 1. The fourth-order valence-electron chi connectivity index (χ4n) is 2.33. The van der Waals surface area contributed by atoms with E-state index in [2.05, 4.69) is 15.5 Å². The van der Waals surface area contributed by atoms with Gasteiger partial charge in [-0.05, 0) is 6.07 Å². The zero-order chi connectivity index (χ0) is 15.4. The van der Waals surface area contributed by atoms with E-state index in [0.717, 1.165) is 28.7 Å². The van der Waals surface area contributed by atoms with Crippen molar-refractivity contribution in [2.75, 3.05) is 20.9 Å². The Morgan fingerprint density at radius 1 is 1.35 bits per heavy atom. The molecule has 2 aromatic rings. The molecule has 23 heavy (non-hydrogen) atoms. The van der Waals surface area contributed by atoms with Gasteiger partial charge >= 0.3 is 0 Å². The van der Waals surface area contributed by atoms with Gasteiger partial charge in [0.25, 0.3) is 0 Å². The molecule has 1 aromatic carbocycles. The molecule has 3 rings (SSSR count). The van der Waals surface area contributed by atoms with Gasteiger partial charge in [-0.3, -0.25) is 4.99 Å². The van der Waals surface area contributed by atoms with Gasteiger partial charge in [0.15, 0.2) is 17.5 Å². The molecule has 1 aliphatic rings. The average Bonchev–Trinajstić information content (AvgIpc) is 3.19. The molecule has 7 nitrogen and oxygen atoms in total. The van der Waals surface area contributed by atoms with Gasteiger partial charge in [-0.1, -0.05) is 17.3 Å². The van der Waals surface area contributed by atoms with E-state index < -0.39 is 0 Å². The highest BCUT2D eigenvalue weighted by Gasteiger charge is 2.17. The Morgan fingerprint density at radius 2 is 2.22 bits per heavy atom. The standard InChI is InChI=1S/C15H18N4O3.HI/c1-16-15(19(2)9-12-6-7-22-18-12)17-8-11-4-3-5-13-14(11)21-10-20-13;/h3-7H,8-10H2,1-2H3,(H,16,17);1H. The molecule has 0 aliphatic carbocycles. The molecule has 0 saturated heterocycles. The van der Waals surface area contributed by atoms with E-state index in [-0.39, 0.29) is 30.8 Å². The molecule has 0 bridgehead atoms. The maximum atomic E-state index is 5.50. The normalized spacial score (nSPS) is 12.7. The quantitative estimate of drug-likeness (QED) is 0.456. The molecule has 1 N–H and O–H groups in total. The molecule has 0 fully saturated rings. The number of para-hydroxylation sites is 1. The second kappa shape index (κ2) is 8.04. The number of aromatic nitrogens is 1. The van der Waals surface area contributed by atoms with Crippen LogP contribution in [0.25, 0.3) is 0 Å². The summed E-state index contributed by atoms with van der Waals surface area (Å²) in [6.45, 7) is 1.48. The summed E-state index contributed by atoms with van der Waals surface area (Å²) in [7, 11) is 3.69. The first-order valence-electron chi connectivity index (χ1n) is 6.96. The highest BCUT2D eigenvalue weighted by atomic mass is 127. The summed E-state index contributed by atoms with van der Waals surface area (Å²) in [6, 6.07) is 7.69. The van der Waals surface area contributed by atoms with Crippen LogP contribution in [0.5, 0.6) is 11.5 Å². The first-order chi connectivity index (χ1) is 10.8. The van der Waals surface area contributed by atoms with E-state index in [1.807, 2.05) is 36.2 Å². The zero-order valence-electron chi connectivity index (χ0n) is 13.0. The van der Waals surface area contributed by atoms with Gasteiger partial charge in [0, 0.05) is 32.3 Å². The van der Waals surface area contributed by atoms with Gasteiger partial charge in [-0.15, -0.1) is 24.0 Å². The van der Waals surface area contributed by atoms with E-state index in [4.69, 9.17) is 14.0 Å². The topological polar surface area (TPSA) is 72.1 Å². The highest BCUT2D eigenvalue weighted by Crippen LogP contribution is 2.35. The number of nitrogens with one attached hydrogen (secondary N) is 1. The van der Waals surface area contributed by atoms with Crippen LogP contribution < -0.4 is 14.8 Å². The van der Waals surface area contributed by atoms with Gasteiger partial charge in [0.2, 0.25) is 6.79 Å². The maximum absolute atomic E-state index is 5.50. The van der Waals surface area contributed by atoms with E-state index in [1.165, 1.54) is 0 Å². The number of nitrogens with zero attached hydrogens (tertiary/aromatic N) is 3. The van der Waals surface area contributed by atoms with E-state index in [9.17, 15) is 0 Å². The van der Waals surface area contributed by atoms with Gasteiger partial charge in [0.05, 0.1) is 6.54 Å². The summed E-state index contributed by atoms with van der Waals surface area (Å²) in [5, 5.41) is 7.21. The maximum Gasteiger partial charge on any atom is 0.231 e. The fourth-order valence-corrected chi connectivity index (χ4v) is 2.33. The van der Waals surface area contributed by atoms with Gasteiger partial charge < -0.3 is 24.2 Å². The molecule has 1 aliphatic heterocycles. The Morgan fingerprint density at radius 3 is 2.96 bits per heavy atom. The lowest BCUT2D eigenvalue weighted by molar-refractivity contribution is 0.173. The molecule has 2 heterocycles. The van der Waals surface area contributed by atoms with E-state index >= 15 is 0 Å². The van der Waals surface area contributed by atoms with Crippen LogP contribution in [-0.4, -0.2) is 36.9 Å². The minimum atomic E-state index is 0. The Kier molecular flexibility index (Phi) is 6.08. The summed E-state index contributed by atoms with van der Waals surface area (Å²) in [5.74, 6) is 2.34. The number of benzene rings is 1. The zero-order valence-corrected chi connectivity index (χ0v) is 15.3. The first kappa shape index (κ1) is 17.4. The lowest BCUT2D eigenvalue weighted by atomic mass is 10.2. The second-order valence-electron chi connectivity index (χ2n) is 4.90. The molecule has 0 atom stereocenters. The molecule has 0 saturated carbocycles. The van der Waals surface area contributed by atoms with Crippen LogP contribution in [-0.2, 0) is 13.1 Å². The molecule has 124 valence electrons. The van der Waals surface area contributed by atoms with Crippen LogP contribution in [0, 0.1) is 0 Å². The molecule has 0 amide bonds. The van der Waals surface area contributed by atoms with Crippen molar-refractivity contribution in [1.29, 1.82) is 0 Å². The van der Waals surface area contributed by atoms with Crippen molar-refractivity contribution < 1.29 is 14.0 Å². The number of halogens is 1. The van der Waals surface area contributed by atoms with Crippen LogP contribution in [0.2, 0.25) is 0 Å². The van der Waals surface area contributed by atoms with Gasteiger partial charge in [-0.25, -0.2) is 0 Å². The summed E-state index contributed by atoms with van der Waals surface area (Å²) in [5.41, 5.74) is 1.88. The molecule has 1 aromatic heterocycles. The summed E-state index contributed by atoms with van der Waals surface area (Å²) in [4.78, 5) is 6.25. The third-order valence-corrected chi connectivity index (χ3v) is 3.38. The van der Waals surface area contributed by atoms with Crippen molar-refractivity contribution in [3.63, 3.8) is 0 Å².